The molecule has 0 saturated carbocycles. The van der Waals surface area contributed by atoms with E-state index in [0.717, 1.165) is 17.1 Å². The largest absolute Gasteiger partial charge is 0.317 e. The zero-order valence-electron chi connectivity index (χ0n) is 9.77. The average Bonchev–Trinajstić information content (AvgIpc) is 2.28. The number of benzene rings is 1. The second kappa shape index (κ2) is 4.26. The molecule has 0 amide bonds. The molecule has 0 atom stereocenters. The highest BCUT2D eigenvalue weighted by Gasteiger charge is 2.07. The molecule has 3 heteroatoms. The molecule has 2 rings (SSSR count). The monoisotopic (exact) mass is 224 g/mol. The number of pyridine rings is 1. The Kier molecular flexibility index (Phi) is 2.80. The molecule has 1 heterocycles. The maximum absolute atomic E-state index is 11.4. The van der Waals surface area contributed by atoms with Crippen LogP contribution in [-0.2, 0) is 0 Å². The number of hydrogen-bond acceptors (Lipinski definition) is 2. The van der Waals surface area contributed by atoms with Crippen LogP contribution in [0.2, 0.25) is 0 Å². The summed E-state index contributed by atoms with van der Waals surface area (Å²) < 4.78 is 1.92. The van der Waals surface area contributed by atoms with Crippen molar-refractivity contribution in [3.63, 3.8) is 0 Å². The fraction of sp³-hybridized carbons (Fsp3) is 0.143. The summed E-state index contributed by atoms with van der Waals surface area (Å²) in [5.74, 6) is 0. The van der Waals surface area contributed by atoms with Gasteiger partial charge in [0.2, 0.25) is 0 Å². The standard InChI is InChI=1S/C14H12N2O/c1-10-7-13(17)8-11(2)16(10)14-6-4-3-5-12(14)9-15/h3-8H,1-2H3. The van der Waals surface area contributed by atoms with Crippen LogP contribution in [0.4, 0.5) is 0 Å². The minimum atomic E-state index is -0.00862. The Balaban J connectivity index is 2.78. The van der Waals surface area contributed by atoms with Crippen molar-refractivity contribution in [2.45, 2.75) is 13.8 Å². The first kappa shape index (κ1) is 11.2. The van der Waals surface area contributed by atoms with Crippen LogP contribution >= 0.6 is 0 Å². The molecule has 0 fully saturated rings. The summed E-state index contributed by atoms with van der Waals surface area (Å²) in [6.07, 6.45) is 0. The molecule has 84 valence electrons. The smallest absolute Gasteiger partial charge is 0.182 e. The van der Waals surface area contributed by atoms with Gasteiger partial charge in [0.25, 0.3) is 0 Å². The van der Waals surface area contributed by atoms with Gasteiger partial charge >= 0.3 is 0 Å². The highest BCUT2D eigenvalue weighted by Crippen LogP contribution is 2.17. The van der Waals surface area contributed by atoms with Crippen molar-refractivity contribution in [1.82, 2.24) is 4.57 Å². The lowest BCUT2D eigenvalue weighted by atomic mass is 10.1. The number of nitrogens with zero attached hydrogens (tertiary/aromatic N) is 2. The second-order valence-corrected chi connectivity index (χ2v) is 3.94. The maximum Gasteiger partial charge on any atom is 0.182 e. The van der Waals surface area contributed by atoms with Crippen LogP contribution < -0.4 is 5.43 Å². The summed E-state index contributed by atoms with van der Waals surface area (Å²) in [4.78, 5) is 11.4. The third kappa shape index (κ3) is 1.98. The van der Waals surface area contributed by atoms with Crippen LogP contribution in [0.3, 0.4) is 0 Å². The number of aryl methyl sites for hydroxylation is 2. The normalized spacial score (nSPS) is 9.94. The van der Waals surface area contributed by atoms with Crippen molar-refractivity contribution in [3.8, 4) is 11.8 Å². The molecule has 0 saturated heterocycles. The molecule has 17 heavy (non-hydrogen) atoms. The lowest BCUT2D eigenvalue weighted by molar-refractivity contribution is 0.919. The summed E-state index contributed by atoms with van der Waals surface area (Å²) in [5.41, 5.74) is 3.06. The Morgan fingerprint density at radius 3 is 2.29 bits per heavy atom. The predicted octanol–water partition coefficient (Wildman–Crippen LogP) is 2.33. The highest BCUT2D eigenvalue weighted by atomic mass is 16.1. The van der Waals surface area contributed by atoms with E-state index in [-0.39, 0.29) is 5.43 Å². The van der Waals surface area contributed by atoms with E-state index in [1.54, 1.807) is 18.2 Å². The first-order valence-electron chi connectivity index (χ1n) is 5.33. The Hall–Kier alpha value is -2.34. The fourth-order valence-electron chi connectivity index (χ4n) is 2.00. The van der Waals surface area contributed by atoms with Gasteiger partial charge in [-0.1, -0.05) is 12.1 Å². The fourth-order valence-corrected chi connectivity index (χ4v) is 2.00. The van der Waals surface area contributed by atoms with Gasteiger partial charge in [-0.2, -0.15) is 5.26 Å². The highest BCUT2D eigenvalue weighted by molar-refractivity contribution is 5.50. The van der Waals surface area contributed by atoms with Crippen LogP contribution in [0.1, 0.15) is 17.0 Å². The van der Waals surface area contributed by atoms with E-state index in [1.807, 2.05) is 36.6 Å². The molecule has 0 N–H and O–H groups in total. The third-order valence-corrected chi connectivity index (χ3v) is 2.67. The van der Waals surface area contributed by atoms with Gasteiger partial charge in [-0.15, -0.1) is 0 Å². The van der Waals surface area contributed by atoms with Crippen LogP contribution in [0.5, 0.6) is 0 Å². The number of rotatable bonds is 1. The number of nitriles is 1. The van der Waals surface area contributed by atoms with E-state index in [4.69, 9.17) is 5.26 Å². The van der Waals surface area contributed by atoms with E-state index >= 15 is 0 Å². The molecule has 3 nitrogen and oxygen atoms in total. The molecule has 0 bridgehead atoms. The van der Waals surface area contributed by atoms with Gasteiger partial charge in [0.15, 0.2) is 5.43 Å². The van der Waals surface area contributed by atoms with Crippen LogP contribution in [0, 0.1) is 25.2 Å². The number of hydrogen-bond donors (Lipinski definition) is 0. The van der Waals surface area contributed by atoms with Gasteiger partial charge in [-0.05, 0) is 26.0 Å². The summed E-state index contributed by atoms with van der Waals surface area (Å²) in [6.45, 7) is 3.73. The molecule has 1 aromatic heterocycles. The predicted molar refractivity (Wildman–Crippen MR) is 66.2 cm³/mol. The lowest BCUT2D eigenvalue weighted by Crippen LogP contribution is -2.12. The maximum atomic E-state index is 11.4. The molecule has 0 aliphatic rings. The van der Waals surface area contributed by atoms with Gasteiger partial charge in [-0.3, -0.25) is 4.79 Å². The molecule has 0 aliphatic carbocycles. The molecule has 0 unspecified atom stereocenters. The first-order chi connectivity index (χ1) is 8.13. The van der Waals surface area contributed by atoms with E-state index in [1.165, 1.54) is 0 Å². The topological polar surface area (TPSA) is 45.8 Å². The molecular formula is C14H12N2O. The Morgan fingerprint density at radius 1 is 1.12 bits per heavy atom. The van der Waals surface area contributed by atoms with E-state index in [0.29, 0.717) is 5.56 Å². The quantitative estimate of drug-likeness (QED) is 0.746. The Bertz CT molecular complexity index is 636. The summed E-state index contributed by atoms with van der Waals surface area (Å²) in [6, 6.07) is 12.7. The molecule has 2 aromatic rings. The summed E-state index contributed by atoms with van der Waals surface area (Å²) >= 11 is 0. The van der Waals surface area contributed by atoms with Crippen LogP contribution in [0.25, 0.3) is 5.69 Å². The summed E-state index contributed by atoms with van der Waals surface area (Å²) in [5, 5.41) is 9.09. The SMILES string of the molecule is Cc1cc(=O)cc(C)n1-c1ccccc1C#N. The lowest BCUT2D eigenvalue weighted by Gasteiger charge is -2.15. The van der Waals surface area contributed by atoms with Crippen molar-refractivity contribution in [3.05, 3.63) is 63.6 Å². The van der Waals surface area contributed by atoms with Gasteiger partial charge < -0.3 is 4.57 Å². The van der Waals surface area contributed by atoms with Gasteiger partial charge in [-0.25, -0.2) is 0 Å². The van der Waals surface area contributed by atoms with E-state index in [2.05, 4.69) is 6.07 Å². The van der Waals surface area contributed by atoms with Crippen molar-refractivity contribution >= 4 is 0 Å². The molecule has 0 spiro atoms. The summed E-state index contributed by atoms with van der Waals surface area (Å²) in [7, 11) is 0. The molecular weight excluding hydrogens is 212 g/mol. The third-order valence-electron chi connectivity index (χ3n) is 2.67. The van der Waals surface area contributed by atoms with E-state index < -0.39 is 0 Å². The van der Waals surface area contributed by atoms with Crippen molar-refractivity contribution in [2.75, 3.05) is 0 Å². The minimum absolute atomic E-state index is 0.00862. The van der Waals surface area contributed by atoms with E-state index in [9.17, 15) is 4.79 Å². The van der Waals surface area contributed by atoms with Gasteiger partial charge in [0, 0.05) is 23.5 Å². The molecule has 0 aliphatic heterocycles. The Morgan fingerprint density at radius 2 is 1.71 bits per heavy atom. The zero-order valence-corrected chi connectivity index (χ0v) is 9.77. The van der Waals surface area contributed by atoms with Crippen molar-refractivity contribution < 1.29 is 0 Å². The first-order valence-corrected chi connectivity index (χ1v) is 5.33. The van der Waals surface area contributed by atoms with Gasteiger partial charge in [0.05, 0.1) is 11.3 Å². The second-order valence-electron chi connectivity index (χ2n) is 3.94. The van der Waals surface area contributed by atoms with Crippen LogP contribution in [0.15, 0.2) is 41.2 Å². The average molecular weight is 224 g/mol. The molecule has 0 radical (unpaired) electrons. The van der Waals surface area contributed by atoms with Crippen molar-refractivity contribution in [2.24, 2.45) is 0 Å². The Labute approximate surface area is 99.6 Å². The molecule has 1 aromatic carbocycles. The number of aromatic nitrogens is 1. The zero-order chi connectivity index (χ0) is 12.4. The van der Waals surface area contributed by atoms with Crippen molar-refractivity contribution in [1.29, 1.82) is 5.26 Å². The minimum Gasteiger partial charge on any atom is -0.317 e. The number of para-hydroxylation sites is 1. The van der Waals surface area contributed by atoms with Gasteiger partial charge in [0.1, 0.15) is 6.07 Å². The van der Waals surface area contributed by atoms with Crippen LogP contribution in [-0.4, -0.2) is 4.57 Å².